The van der Waals surface area contributed by atoms with Crippen molar-refractivity contribution in [2.75, 3.05) is 0 Å². The molecule has 0 fully saturated rings. The van der Waals surface area contributed by atoms with Gasteiger partial charge in [0.1, 0.15) is 5.82 Å². The Kier molecular flexibility index (Phi) is 2.97. The fourth-order valence-electron chi connectivity index (χ4n) is 3.04. The first kappa shape index (κ1) is 13.1. The maximum atomic E-state index is 4.71. The van der Waals surface area contributed by atoms with Crippen LogP contribution in [-0.2, 0) is 0 Å². The van der Waals surface area contributed by atoms with Crippen LogP contribution in [0, 0.1) is 0 Å². The van der Waals surface area contributed by atoms with Crippen LogP contribution in [-0.4, -0.2) is 9.55 Å². The molecular weight excluding hydrogens is 268 g/mol. The molecule has 22 heavy (non-hydrogen) atoms. The molecule has 0 amide bonds. The van der Waals surface area contributed by atoms with Crippen LogP contribution in [0.1, 0.15) is 25.3 Å². The highest BCUT2D eigenvalue weighted by molar-refractivity contribution is 6.09. The van der Waals surface area contributed by atoms with Gasteiger partial charge in [-0.1, -0.05) is 56.3 Å². The zero-order valence-electron chi connectivity index (χ0n) is 12.8. The summed E-state index contributed by atoms with van der Waals surface area (Å²) < 4.78 is 2.24. The van der Waals surface area contributed by atoms with Crippen molar-refractivity contribution < 1.29 is 0 Å². The second-order valence-electron chi connectivity index (χ2n) is 5.97. The maximum Gasteiger partial charge on any atom is 0.137 e. The summed E-state index contributed by atoms with van der Waals surface area (Å²) in [6.07, 6.45) is 1.99. The number of benzene rings is 2. The van der Waals surface area contributed by atoms with Gasteiger partial charge in [-0.25, -0.2) is 4.98 Å². The highest BCUT2D eigenvalue weighted by Crippen LogP contribution is 2.31. The summed E-state index contributed by atoms with van der Waals surface area (Å²) in [6.45, 7) is 4.38. The first-order chi connectivity index (χ1) is 10.8. The third-order valence-corrected chi connectivity index (χ3v) is 4.25. The lowest BCUT2D eigenvalue weighted by Crippen LogP contribution is -1.98. The number of fused-ring (bicyclic) bond motifs is 3. The van der Waals surface area contributed by atoms with E-state index in [1.807, 2.05) is 6.20 Å². The summed E-state index contributed by atoms with van der Waals surface area (Å²) in [5, 5.41) is 2.54. The van der Waals surface area contributed by atoms with E-state index in [1.54, 1.807) is 0 Å². The fourth-order valence-corrected chi connectivity index (χ4v) is 3.04. The van der Waals surface area contributed by atoms with E-state index in [9.17, 15) is 0 Å². The molecule has 0 unspecified atom stereocenters. The van der Waals surface area contributed by atoms with E-state index in [4.69, 9.17) is 4.98 Å². The Morgan fingerprint density at radius 3 is 1.86 bits per heavy atom. The highest BCUT2D eigenvalue weighted by atomic mass is 15.1. The molecule has 0 saturated heterocycles. The van der Waals surface area contributed by atoms with Gasteiger partial charge in [-0.2, -0.15) is 0 Å². The van der Waals surface area contributed by atoms with Gasteiger partial charge >= 0.3 is 0 Å². The molecule has 2 heterocycles. The average Bonchev–Trinajstić information content (AvgIpc) is 2.89. The zero-order chi connectivity index (χ0) is 15.1. The predicted octanol–water partition coefficient (Wildman–Crippen LogP) is 5.30. The van der Waals surface area contributed by atoms with E-state index in [-0.39, 0.29) is 0 Å². The molecule has 2 heteroatoms. The van der Waals surface area contributed by atoms with Crippen LogP contribution in [0.3, 0.4) is 0 Å². The van der Waals surface area contributed by atoms with Gasteiger partial charge in [0, 0.05) is 17.0 Å². The summed E-state index contributed by atoms with van der Waals surface area (Å²) in [5.41, 5.74) is 3.67. The fraction of sp³-hybridized carbons (Fsp3) is 0.150. The Labute approximate surface area is 130 Å². The molecule has 2 aromatic carbocycles. The summed E-state index contributed by atoms with van der Waals surface area (Å²) in [6, 6.07) is 21.3. The number of rotatable bonds is 2. The van der Waals surface area contributed by atoms with Crippen LogP contribution in [0.4, 0.5) is 0 Å². The number of para-hydroxylation sites is 2. The third-order valence-electron chi connectivity index (χ3n) is 4.25. The van der Waals surface area contributed by atoms with Gasteiger partial charge in [0.15, 0.2) is 0 Å². The normalized spacial score (nSPS) is 11.6. The van der Waals surface area contributed by atoms with Crippen LogP contribution < -0.4 is 0 Å². The molecule has 0 aliphatic carbocycles. The molecule has 0 atom stereocenters. The van der Waals surface area contributed by atoms with Crippen molar-refractivity contribution in [3.8, 4) is 5.82 Å². The van der Waals surface area contributed by atoms with Crippen molar-refractivity contribution in [2.24, 2.45) is 0 Å². The van der Waals surface area contributed by atoms with Gasteiger partial charge in [0.25, 0.3) is 0 Å². The third kappa shape index (κ3) is 1.92. The molecule has 0 bridgehead atoms. The van der Waals surface area contributed by atoms with Crippen LogP contribution in [0.15, 0.2) is 66.9 Å². The van der Waals surface area contributed by atoms with E-state index < -0.39 is 0 Å². The molecular formula is C20H18N2. The molecule has 0 N–H and O–H groups in total. The van der Waals surface area contributed by atoms with Crippen molar-refractivity contribution in [3.63, 3.8) is 0 Å². The predicted molar refractivity (Wildman–Crippen MR) is 92.7 cm³/mol. The van der Waals surface area contributed by atoms with E-state index in [0.29, 0.717) is 5.92 Å². The molecule has 0 spiro atoms. The van der Waals surface area contributed by atoms with Crippen molar-refractivity contribution in [3.05, 3.63) is 72.4 Å². The van der Waals surface area contributed by atoms with Crippen molar-refractivity contribution in [1.29, 1.82) is 0 Å². The molecule has 2 aromatic heterocycles. The van der Waals surface area contributed by atoms with Gasteiger partial charge in [0.05, 0.1) is 11.0 Å². The molecule has 0 radical (unpaired) electrons. The minimum absolute atomic E-state index is 0.500. The van der Waals surface area contributed by atoms with Gasteiger partial charge < -0.3 is 0 Å². The van der Waals surface area contributed by atoms with Crippen LogP contribution in [0.25, 0.3) is 27.6 Å². The molecule has 4 rings (SSSR count). The topological polar surface area (TPSA) is 17.8 Å². The standard InChI is InChI=1S/C20H18N2/c1-14(2)15-11-12-20(21-13-15)22-18-9-5-3-7-16(18)17-8-4-6-10-19(17)22/h3-14H,1-2H3. The molecule has 0 aliphatic rings. The number of nitrogens with zero attached hydrogens (tertiary/aromatic N) is 2. The minimum atomic E-state index is 0.500. The Balaban J connectivity index is 2.04. The van der Waals surface area contributed by atoms with E-state index in [1.165, 1.54) is 27.4 Å². The van der Waals surface area contributed by atoms with Crippen LogP contribution in [0.2, 0.25) is 0 Å². The van der Waals surface area contributed by atoms with E-state index >= 15 is 0 Å². The molecule has 2 nitrogen and oxygen atoms in total. The van der Waals surface area contributed by atoms with Crippen LogP contribution >= 0.6 is 0 Å². The minimum Gasteiger partial charge on any atom is -0.294 e. The van der Waals surface area contributed by atoms with Crippen molar-refractivity contribution in [1.82, 2.24) is 9.55 Å². The van der Waals surface area contributed by atoms with Crippen LogP contribution in [0.5, 0.6) is 0 Å². The monoisotopic (exact) mass is 286 g/mol. The molecule has 0 aliphatic heterocycles. The number of aromatic nitrogens is 2. The summed E-state index contributed by atoms with van der Waals surface area (Å²) >= 11 is 0. The quantitative estimate of drug-likeness (QED) is 0.489. The highest BCUT2D eigenvalue weighted by Gasteiger charge is 2.12. The lowest BCUT2D eigenvalue weighted by atomic mass is 10.1. The van der Waals surface area contributed by atoms with E-state index in [2.05, 4.69) is 79.1 Å². The largest absolute Gasteiger partial charge is 0.294 e. The Morgan fingerprint density at radius 2 is 1.36 bits per heavy atom. The van der Waals surface area contributed by atoms with Crippen molar-refractivity contribution >= 4 is 21.8 Å². The first-order valence-corrected chi connectivity index (χ1v) is 7.70. The summed E-state index contributed by atoms with van der Waals surface area (Å²) in [5.74, 6) is 1.47. The lowest BCUT2D eigenvalue weighted by Gasteiger charge is -2.09. The first-order valence-electron chi connectivity index (χ1n) is 7.70. The van der Waals surface area contributed by atoms with E-state index in [0.717, 1.165) is 5.82 Å². The van der Waals surface area contributed by atoms with Gasteiger partial charge in [0.2, 0.25) is 0 Å². The van der Waals surface area contributed by atoms with Crippen molar-refractivity contribution in [2.45, 2.75) is 19.8 Å². The number of pyridine rings is 1. The second kappa shape index (κ2) is 4.99. The number of hydrogen-bond donors (Lipinski definition) is 0. The Hall–Kier alpha value is -2.61. The molecule has 4 aromatic rings. The molecule has 0 saturated carbocycles. The van der Waals surface area contributed by atoms with Gasteiger partial charge in [-0.05, 0) is 29.7 Å². The smallest absolute Gasteiger partial charge is 0.137 e. The SMILES string of the molecule is CC(C)c1ccc(-n2c3ccccc3c3ccccc32)nc1. The van der Waals surface area contributed by atoms with Gasteiger partial charge in [-0.3, -0.25) is 4.57 Å². The van der Waals surface area contributed by atoms with Gasteiger partial charge in [-0.15, -0.1) is 0 Å². The summed E-state index contributed by atoms with van der Waals surface area (Å²) in [7, 11) is 0. The summed E-state index contributed by atoms with van der Waals surface area (Å²) in [4.78, 5) is 4.71. The average molecular weight is 286 g/mol. The Bertz CT molecular complexity index is 893. The Morgan fingerprint density at radius 1 is 0.773 bits per heavy atom. The maximum absolute atomic E-state index is 4.71. The number of hydrogen-bond acceptors (Lipinski definition) is 1. The zero-order valence-corrected chi connectivity index (χ0v) is 12.8. The second-order valence-corrected chi connectivity index (χ2v) is 5.97. The lowest BCUT2D eigenvalue weighted by molar-refractivity contribution is 0.854. The molecule has 108 valence electrons.